The molecule has 1 fully saturated rings. The van der Waals surface area contributed by atoms with Gasteiger partial charge in [-0.15, -0.1) is 0 Å². The smallest absolute Gasteiger partial charge is 0.262 e. The summed E-state index contributed by atoms with van der Waals surface area (Å²) >= 11 is 0. The number of furan rings is 1. The van der Waals surface area contributed by atoms with E-state index in [4.69, 9.17) is 4.42 Å². The lowest BCUT2D eigenvalue weighted by molar-refractivity contribution is -0.134. The molecule has 8 nitrogen and oxygen atoms in total. The molecule has 28 heavy (non-hydrogen) atoms. The van der Waals surface area contributed by atoms with Crippen molar-refractivity contribution in [3.05, 3.63) is 59.5 Å². The zero-order chi connectivity index (χ0) is 19.9. The fraction of sp³-hybridized carbons (Fsp3) is 0.316. The molecule has 9 heteroatoms. The Morgan fingerprint density at radius 2 is 1.79 bits per heavy atom. The highest BCUT2D eigenvalue weighted by Gasteiger charge is 2.40. The van der Waals surface area contributed by atoms with Gasteiger partial charge in [0.1, 0.15) is 12.3 Å². The molecule has 0 spiro atoms. The van der Waals surface area contributed by atoms with Crippen LogP contribution in [0.5, 0.6) is 0 Å². The number of benzene rings is 1. The molecule has 0 N–H and O–H groups in total. The number of imide groups is 1. The summed E-state index contributed by atoms with van der Waals surface area (Å²) in [6.45, 7) is -0.362. The van der Waals surface area contributed by atoms with Gasteiger partial charge in [0.15, 0.2) is 9.84 Å². The van der Waals surface area contributed by atoms with E-state index in [1.807, 2.05) is 0 Å². The molecule has 1 aromatic carbocycles. The molecular weight excluding hydrogens is 384 g/mol. The van der Waals surface area contributed by atoms with E-state index >= 15 is 0 Å². The number of hydrogen-bond acceptors (Lipinski definition) is 6. The predicted octanol–water partition coefficient (Wildman–Crippen LogP) is 1.09. The molecule has 0 bridgehead atoms. The van der Waals surface area contributed by atoms with E-state index < -0.39 is 40.1 Å². The van der Waals surface area contributed by atoms with Crippen molar-refractivity contribution in [1.29, 1.82) is 0 Å². The molecule has 3 heterocycles. The number of carbonyl (C=O) groups is 3. The summed E-state index contributed by atoms with van der Waals surface area (Å²) in [6.07, 6.45) is 1.78. The minimum absolute atomic E-state index is 0.00657. The fourth-order valence-electron chi connectivity index (χ4n) is 3.62. The Balaban J connectivity index is 1.56. The van der Waals surface area contributed by atoms with Crippen LogP contribution in [0, 0.1) is 0 Å². The standard InChI is InChI=1S/C19H18N2O6S/c22-17(11-21-18(23)15-5-1-2-6-16(15)19(21)24)20(10-14-4-3-8-27-14)13-7-9-28(25,26)12-13/h1-6,8,13H,7,9-12H2/t13-/m1/s1. The zero-order valence-electron chi connectivity index (χ0n) is 14.9. The molecule has 0 unspecified atom stereocenters. The van der Waals surface area contributed by atoms with Crippen LogP contribution in [0.1, 0.15) is 32.9 Å². The van der Waals surface area contributed by atoms with E-state index in [2.05, 4.69) is 0 Å². The summed E-state index contributed by atoms with van der Waals surface area (Å²) in [6, 6.07) is 9.25. The van der Waals surface area contributed by atoms with E-state index in [0.29, 0.717) is 12.2 Å². The minimum atomic E-state index is -3.22. The largest absolute Gasteiger partial charge is 0.467 e. The molecule has 1 saturated heterocycles. The van der Waals surface area contributed by atoms with Gasteiger partial charge in [0.2, 0.25) is 5.91 Å². The summed E-state index contributed by atoms with van der Waals surface area (Å²) in [5.74, 6) is -1.17. The third-order valence-corrected chi connectivity index (χ3v) is 6.80. The Morgan fingerprint density at radius 1 is 1.11 bits per heavy atom. The highest BCUT2D eigenvalue weighted by molar-refractivity contribution is 7.91. The second-order valence-electron chi connectivity index (χ2n) is 6.90. The molecule has 0 aliphatic carbocycles. The highest BCUT2D eigenvalue weighted by Crippen LogP contribution is 2.24. The van der Waals surface area contributed by atoms with Crippen molar-refractivity contribution in [3.63, 3.8) is 0 Å². The third-order valence-electron chi connectivity index (χ3n) is 5.05. The molecule has 3 amide bonds. The summed E-state index contributed by atoms with van der Waals surface area (Å²) in [5.41, 5.74) is 0.530. The SMILES string of the molecule is O=C1c2ccccc2C(=O)N1CC(=O)N(Cc1ccco1)[C@@H]1CCS(=O)(=O)C1. The molecule has 1 aromatic heterocycles. The number of rotatable bonds is 5. The minimum Gasteiger partial charge on any atom is -0.467 e. The number of fused-ring (bicyclic) bond motifs is 1. The van der Waals surface area contributed by atoms with Crippen LogP contribution in [-0.4, -0.2) is 60.0 Å². The van der Waals surface area contributed by atoms with Crippen LogP contribution in [0.15, 0.2) is 47.1 Å². The van der Waals surface area contributed by atoms with Crippen molar-refractivity contribution in [2.45, 2.75) is 19.0 Å². The van der Waals surface area contributed by atoms with Gasteiger partial charge in [0.05, 0.1) is 35.4 Å². The zero-order valence-corrected chi connectivity index (χ0v) is 15.7. The van der Waals surface area contributed by atoms with E-state index in [1.165, 1.54) is 11.2 Å². The van der Waals surface area contributed by atoms with Crippen molar-refractivity contribution in [2.75, 3.05) is 18.1 Å². The molecule has 1 atom stereocenters. The molecule has 2 aliphatic rings. The Morgan fingerprint density at radius 3 is 2.32 bits per heavy atom. The van der Waals surface area contributed by atoms with E-state index in [-0.39, 0.29) is 29.2 Å². The van der Waals surface area contributed by atoms with Crippen molar-refractivity contribution in [1.82, 2.24) is 9.80 Å². The second-order valence-corrected chi connectivity index (χ2v) is 9.13. The maximum absolute atomic E-state index is 13.0. The van der Waals surface area contributed by atoms with Gasteiger partial charge < -0.3 is 9.32 Å². The Kier molecular flexibility index (Phi) is 4.54. The third kappa shape index (κ3) is 3.33. The van der Waals surface area contributed by atoms with Crippen LogP contribution >= 0.6 is 0 Å². The van der Waals surface area contributed by atoms with Crippen molar-refractivity contribution in [3.8, 4) is 0 Å². The van der Waals surface area contributed by atoms with Gasteiger partial charge in [-0.1, -0.05) is 12.1 Å². The van der Waals surface area contributed by atoms with Crippen LogP contribution in [0.2, 0.25) is 0 Å². The molecule has 0 radical (unpaired) electrons. The van der Waals surface area contributed by atoms with Gasteiger partial charge in [-0.2, -0.15) is 0 Å². The first kappa shape index (κ1) is 18.4. The van der Waals surface area contributed by atoms with Crippen molar-refractivity contribution >= 4 is 27.6 Å². The van der Waals surface area contributed by atoms with Crippen LogP contribution in [0.4, 0.5) is 0 Å². The second kappa shape index (κ2) is 6.90. The lowest BCUT2D eigenvalue weighted by Gasteiger charge is -2.29. The molecule has 2 aromatic rings. The molecule has 146 valence electrons. The van der Waals surface area contributed by atoms with Gasteiger partial charge in [0, 0.05) is 6.04 Å². The van der Waals surface area contributed by atoms with Crippen LogP contribution in [0.25, 0.3) is 0 Å². The van der Waals surface area contributed by atoms with E-state index in [9.17, 15) is 22.8 Å². The van der Waals surface area contributed by atoms with Gasteiger partial charge in [0.25, 0.3) is 11.8 Å². The predicted molar refractivity (Wildman–Crippen MR) is 98.1 cm³/mol. The Hall–Kier alpha value is -2.94. The topological polar surface area (TPSA) is 105 Å². The maximum Gasteiger partial charge on any atom is 0.262 e. The number of hydrogen-bond donors (Lipinski definition) is 0. The summed E-state index contributed by atoms with van der Waals surface area (Å²) in [4.78, 5) is 40.4. The molecule has 0 saturated carbocycles. The van der Waals surface area contributed by atoms with E-state index in [0.717, 1.165) is 4.90 Å². The average molecular weight is 402 g/mol. The molecule has 4 rings (SSSR count). The Labute approximate surface area is 161 Å². The van der Waals surface area contributed by atoms with Crippen LogP contribution < -0.4 is 0 Å². The van der Waals surface area contributed by atoms with Gasteiger partial charge >= 0.3 is 0 Å². The number of sulfone groups is 1. The van der Waals surface area contributed by atoms with Crippen LogP contribution in [0.3, 0.4) is 0 Å². The maximum atomic E-state index is 13.0. The van der Waals surface area contributed by atoms with E-state index in [1.54, 1.807) is 36.4 Å². The summed E-state index contributed by atoms with van der Waals surface area (Å²) in [7, 11) is -3.22. The Bertz CT molecular complexity index is 1010. The van der Waals surface area contributed by atoms with Gasteiger partial charge in [-0.25, -0.2) is 8.42 Å². The van der Waals surface area contributed by atoms with Crippen LogP contribution in [-0.2, 0) is 21.2 Å². The monoisotopic (exact) mass is 402 g/mol. The van der Waals surface area contributed by atoms with Crippen molar-refractivity contribution < 1.29 is 27.2 Å². The number of amides is 3. The summed E-state index contributed by atoms with van der Waals surface area (Å²) < 4.78 is 29.1. The lowest BCUT2D eigenvalue weighted by atomic mass is 10.1. The lowest BCUT2D eigenvalue weighted by Crippen LogP contribution is -2.47. The van der Waals surface area contributed by atoms with Crippen molar-refractivity contribution in [2.24, 2.45) is 0 Å². The molecular formula is C19H18N2O6S. The first-order valence-electron chi connectivity index (χ1n) is 8.83. The first-order chi connectivity index (χ1) is 13.4. The molecule has 2 aliphatic heterocycles. The average Bonchev–Trinajstić information content (AvgIpc) is 3.36. The normalized spacial score (nSPS) is 20.4. The quantitative estimate of drug-likeness (QED) is 0.694. The first-order valence-corrected chi connectivity index (χ1v) is 10.7. The highest BCUT2D eigenvalue weighted by atomic mass is 32.2. The summed E-state index contributed by atoms with van der Waals surface area (Å²) in [5, 5.41) is 0. The van der Waals surface area contributed by atoms with Gasteiger partial charge in [-0.05, 0) is 30.7 Å². The number of nitrogens with zero attached hydrogens (tertiary/aromatic N) is 2. The van der Waals surface area contributed by atoms with Gasteiger partial charge in [-0.3, -0.25) is 19.3 Å². The fourth-order valence-corrected chi connectivity index (χ4v) is 5.35. The number of carbonyl (C=O) groups excluding carboxylic acids is 3.